The number of morpholine rings is 1. The highest BCUT2D eigenvalue weighted by Crippen LogP contribution is 2.33. The fourth-order valence-corrected chi connectivity index (χ4v) is 4.67. The zero-order valence-corrected chi connectivity index (χ0v) is 18.2. The van der Waals surface area contributed by atoms with Gasteiger partial charge < -0.3 is 24.3 Å². The summed E-state index contributed by atoms with van der Waals surface area (Å²) < 4.78 is 17.0. The van der Waals surface area contributed by atoms with Gasteiger partial charge in [0.1, 0.15) is 6.29 Å². The molecule has 1 aromatic rings. The molecule has 1 saturated carbocycles. The molecule has 1 unspecified atom stereocenters. The Hall–Kier alpha value is -2.38. The van der Waals surface area contributed by atoms with E-state index in [0.29, 0.717) is 43.2 Å². The first-order valence-electron chi connectivity index (χ1n) is 11.3. The van der Waals surface area contributed by atoms with Crippen molar-refractivity contribution >= 4 is 12.2 Å². The van der Waals surface area contributed by atoms with Crippen LogP contribution < -0.4 is 14.8 Å². The first-order chi connectivity index (χ1) is 15.2. The zero-order valence-electron chi connectivity index (χ0n) is 18.2. The number of allylic oxidation sites excluding steroid dienone is 1. The van der Waals surface area contributed by atoms with Crippen molar-refractivity contribution in [3.8, 4) is 11.5 Å². The van der Waals surface area contributed by atoms with E-state index in [1.165, 1.54) is 12.8 Å². The van der Waals surface area contributed by atoms with Crippen LogP contribution in [0.25, 0.3) is 0 Å². The molecular formula is C24H32N2O5. The summed E-state index contributed by atoms with van der Waals surface area (Å²) in [6, 6.07) is 5.30. The number of nitrogens with one attached hydrogen (secondary N) is 1. The van der Waals surface area contributed by atoms with E-state index < -0.39 is 0 Å². The maximum atomic E-state index is 13.1. The van der Waals surface area contributed by atoms with Gasteiger partial charge in [0.15, 0.2) is 11.5 Å². The number of nitrogens with zero attached hydrogens (tertiary/aromatic N) is 1. The van der Waals surface area contributed by atoms with Crippen LogP contribution >= 0.6 is 0 Å². The van der Waals surface area contributed by atoms with Crippen LogP contribution in [0.2, 0.25) is 0 Å². The van der Waals surface area contributed by atoms with E-state index in [1.54, 1.807) is 25.3 Å². The summed E-state index contributed by atoms with van der Waals surface area (Å²) in [6.07, 6.45) is 7.05. The van der Waals surface area contributed by atoms with Crippen molar-refractivity contribution in [1.29, 1.82) is 0 Å². The lowest BCUT2D eigenvalue weighted by atomic mass is 10.0. The van der Waals surface area contributed by atoms with Gasteiger partial charge in [-0.15, -0.1) is 0 Å². The van der Waals surface area contributed by atoms with E-state index in [9.17, 15) is 9.59 Å². The molecule has 7 heteroatoms. The molecule has 1 heterocycles. The van der Waals surface area contributed by atoms with Gasteiger partial charge >= 0.3 is 0 Å². The van der Waals surface area contributed by atoms with Crippen molar-refractivity contribution < 1.29 is 23.8 Å². The van der Waals surface area contributed by atoms with Gasteiger partial charge in [-0.2, -0.15) is 0 Å². The number of benzene rings is 1. The molecule has 1 amide bonds. The number of ether oxygens (including phenoxy) is 3. The van der Waals surface area contributed by atoms with Crippen molar-refractivity contribution in [2.45, 2.75) is 44.6 Å². The Balaban J connectivity index is 1.50. The third-order valence-corrected chi connectivity index (χ3v) is 6.49. The third kappa shape index (κ3) is 5.28. The van der Waals surface area contributed by atoms with Crippen LogP contribution in [-0.4, -0.2) is 63.2 Å². The van der Waals surface area contributed by atoms with Gasteiger partial charge in [0.05, 0.1) is 26.4 Å². The summed E-state index contributed by atoms with van der Waals surface area (Å²) in [5.41, 5.74) is 2.44. The number of carbonyl (C=O) groups excluding carboxylic acids is 2. The zero-order chi connectivity index (χ0) is 21.6. The number of rotatable bonds is 8. The predicted molar refractivity (Wildman–Crippen MR) is 116 cm³/mol. The van der Waals surface area contributed by atoms with Gasteiger partial charge in [0.25, 0.3) is 5.91 Å². The van der Waals surface area contributed by atoms with E-state index in [1.807, 2.05) is 0 Å². The molecule has 1 aliphatic heterocycles. The van der Waals surface area contributed by atoms with Gasteiger partial charge in [-0.3, -0.25) is 9.69 Å². The molecule has 4 rings (SSSR count). The van der Waals surface area contributed by atoms with Crippen LogP contribution in [-0.2, 0) is 9.53 Å². The monoisotopic (exact) mass is 428 g/mol. The van der Waals surface area contributed by atoms with Crippen LogP contribution in [0.4, 0.5) is 0 Å². The molecule has 0 bridgehead atoms. The lowest BCUT2D eigenvalue weighted by molar-refractivity contribution is -0.110. The van der Waals surface area contributed by atoms with Crippen LogP contribution in [0.1, 0.15) is 48.9 Å². The lowest BCUT2D eigenvalue weighted by Crippen LogP contribution is -2.38. The molecule has 0 spiro atoms. The molecule has 0 aromatic heterocycles. The van der Waals surface area contributed by atoms with Crippen LogP contribution in [0, 0.1) is 5.92 Å². The topological polar surface area (TPSA) is 77.1 Å². The second-order valence-electron chi connectivity index (χ2n) is 8.52. The minimum absolute atomic E-state index is 0.129. The van der Waals surface area contributed by atoms with E-state index in [-0.39, 0.29) is 17.9 Å². The Morgan fingerprint density at radius 2 is 1.97 bits per heavy atom. The maximum Gasteiger partial charge on any atom is 0.255 e. The predicted octanol–water partition coefficient (Wildman–Crippen LogP) is 2.94. The quantitative estimate of drug-likeness (QED) is 0.642. The molecule has 2 aliphatic carbocycles. The first kappa shape index (κ1) is 21.8. The fraction of sp³-hybridized carbons (Fsp3) is 0.583. The second kappa shape index (κ2) is 10.3. The maximum absolute atomic E-state index is 13.1. The molecule has 1 N–H and O–H groups in total. The number of hydrogen-bond acceptors (Lipinski definition) is 6. The van der Waals surface area contributed by atoms with Gasteiger partial charge in [-0.05, 0) is 62.3 Å². The standard InChI is InChI=1S/C24H32N2O5/c1-29-22-9-7-17(14-23(22)31-19-4-2-3-5-19)24(28)25-21-8-6-18(16-27)20(21)15-26-10-12-30-13-11-26/h7,9,14,16,18-19H,2-6,8,10-13,15H2,1H3,(H,25,28). The fourth-order valence-electron chi connectivity index (χ4n) is 4.67. The molecule has 7 nitrogen and oxygen atoms in total. The minimum Gasteiger partial charge on any atom is -0.493 e. The Bertz CT molecular complexity index is 825. The SMILES string of the molecule is COc1ccc(C(=O)NC2=C(CN3CCOCC3)C(C=O)CC2)cc1OC1CCCC1. The Labute approximate surface area is 183 Å². The largest absolute Gasteiger partial charge is 0.493 e. The molecule has 31 heavy (non-hydrogen) atoms. The Morgan fingerprint density at radius 1 is 1.19 bits per heavy atom. The van der Waals surface area contributed by atoms with E-state index in [0.717, 1.165) is 49.9 Å². The molecule has 2 fully saturated rings. The molecule has 1 saturated heterocycles. The van der Waals surface area contributed by atoms with Gasteiger partial charge in [-0.25, -0.2) is 0 Å². The Kier molecular flexibility index (Phi) is 7.25. The molecular weight excluding hydrogens is 396 g/mol. The van der Waals surface area contributed by atoms with Crippen molar-refractivity contribution in [2.24, 2.45) is 5.92 Å². The van der Waals surface area contributed by atoms with Gasteiger partial charge in [0, 0.05) is 36.8 Å². The van der Waals surface area contributed by atoms with Crippen LogP contribution in [0.5, 0.6) is 11.5 Å². The number of carbonyl (C=O) groups is 2. The summed E-state index contributed by atoms with van der Waals surface area (Å²) in [5.74, 6) is 0.939. The van der Waals surface area contributed by atoms with E-state index >= 15 is 0 Å². The average molecular weight is 429 g/mol. The van der Waals surface area contributed by atoms with Crippen molar-refractivity contribution in [3.63, 3.8) is 0 Å². The number of methoxy groups -OCH3 is 1. The highest BCUT2D eigenvalue weighted by Gasteiger charge is 2.29. The normalized spacial score (nSPS) is 22.5. The summed E-state index contributed by atoms with van der Waals surface area (Å²) in [4.78, 5) is 27.0. The first-order valence-corrected chi connectivity index (χ1v) is 11.3. The van der Waals surface area contributed by atoms with Crippen molar-refractivity contribution in [2.75, 3.05) is 40.0 Å². The summed E-state index contributed by atoms with van der Waals surface area (Å²) in [6.45, 7) is 3.79. The van der Waals surface area contributed by atoms with Crippen LogP contribution in [0.3, 0.4) is 0 Å². The summed E-state index contributed by atoms with van der Waals surface area (Å²) in [5, 5.41) is 3.08. The highest BCUT2D eigenvalue weighted by atomic mass is 16.5. The smallest absolute Gasteiger partial charge is 0.255 e. The lowest BCUT2D eigenvalue weighted by Gasteiger charge is -2.28. The molecule has 0 radical (unpaired) electrons. The van der Waals surface area contributed by atoms with Crippen LogP contribution in [0.15, 0.2) is 29.5 Å². The molecule has 168 valence electrons. The van der Waals surface area contributed by atoms with Crippen molar-refractivity contribution in [1.82, 2.24) is 10.2 Å². The van der Waals surface area contributed by atoms with Gasteiger partial charge in [0.2, 0.25) is 0 Å². The summed E-state index contributed by atoms with van der Waals surface area (Å²) in [7, 11) is 1.61. The third-order valence-electron chi connectivity index (χ3n) is 6.49. The molecule has 3 aliphatic rings. The Morgan fingerprint density at radius 3 is 2.68 bits per heavy atom. The summed E-state index contributed by atoms with van der Waals surface area (Å²) >= 11 is 0. The van der Waals surface area contributed by atoms with Crippen molar-refractivity contribution in [3.05, 3.63) is 35.0 Å². The number of aldehydes is 1. The van der Waals surface area contributed by atoms with Gasteiger partial charge in [-0.1, -0.05) is 0 Å². The number of amides is 1. The highest BCUT2D eigenvalue weighted by molar-refractivity contribution is 5.96. The number of hydrogen-bond donors (Lipinski definition) is 1. The second-order valence-corrected chi connectivity index (χ2v) is 8.52. The molecule has 1 atom stereocenters. The molecule has 1 aromatic carbocycles. The van der Waals surface area contributed by atoms with E-state index in [4.69, 9.17) is 14.2 Å². The minimum atomic E-state index is -0.181. The van der Waals surface area contributed by atoms with E-state index in [2.05, 4.69) is 10.2 Å². The average Bonchev–Trinajstić information content (AvgIpc) is 3.44.